The van der Waals surface area contributed by atoms with Crippen molar-refractivity contribution in [3.63, 3.8) is 0 Å². The zero-order valence-corrected chi connectivity index (χ0v) is 15.3. The van der Waals surface area contributed by atoms with Crippen LogP contribution < -0.4 is 10.9 Å². The van der Waals surface area contributed by atoms with Crippen molar-refractivity contribution in [1.82, 2.24) is 4.98 Å². The summed E-state index contributed by atoms with van der Waals surface area (Å²) in [6, 6.07) is 13.2. The van der Waals surface area contributed by atoms with E-state index < -0.39 is 11.5 Å². The number of hydrogen-bond donors (Lipinski definition) is 2. The molecule has 0 amide bonds. The van der Waals surface area contributed by atoms with Gasteiger partial charge in [-0.2, -0.15) is 0 Å². The number of hydrogen-bond acceptors (Lipinski definition) is 4. The number of halogens is 1. The third-order valence-corrected chi connectivity index (χ3v) is 4.51. The molecule has 5 nitrogen and oxygen atoms in total. The van der Waals surface area contributed by atoms with Gasteiger partial charge in [-0.15, -0.1) is 0 Å². The minimum atomic E-state index is -0.664. The predicted octanol–water partition coefficient (Wildman–Crippen LogP) is 4.28. The van der Waals surface area contributed by atoms with Crippen LogP contribution in [0.4, 0.5) is 5.69 Å². The van der Waals surface area contributed by atoms with E-state index in [1.165, 1.54) is 0 Å². The van der Waals surface area contributed by atoms with Gasteiger partial charge in [-0.1, -0.05) is 48.0 Å². The summed E-state index contributed by atoms with van der Waals surface area (Å²) in [5.74, 6) is -0.664. The van der Waals surface area contributed by atoms with E-state index in [0.717, 1.165) is 11.1 Å². The molecule has 0 spiro atoms. The van der Waals surface area contributed by atoms with Crippen LogP contribution in [0.15, 0.2) is 47.3 Å². The van der Waals surface area contributed by atoms with Gasteiger partial charge in [0.05, 0.1) is 22.8 Å². The summed E-state index contributed by atoms with van der Waals surface area (Å²) in [4.78, 5) is 27.6. The molecule has 0 fully saturated rings. The number of carbonyl (C=O) groups is 1. The molecule has 0 atom stereocenters. The Bertz CT molecular complexity index is 1030. The van der Waals surface area contributed by atoms with Crippen LogP contribution in [-0.4, -0.2) is 17.6 Å². The number of esters is 1. The third kappa shape index (κ3) is 3.44. The number of aromatic nitrogens is 1. The van der Waals surface area contributed by atoms with Crippen molar-refractivity contribution >= 4 is 34.2 Å². The molecule has 0 aliphatic carbocycles. The van der Waals surface area contributed by atoms with E-state index in [1.54, 1.807) is 25.1 Å². The Morgan fingerprint density at radius 1 is 1.19 bits per heavy atom. The van der Waals surface area contributed by atoms with Crippen LogP contribution in [0.5, 0.6) is 0 Å². The summed E-state index contributed by atoms with van der Waals surface area (Å²) >= 11 is 6.22. The lowest BCUT2D eigenvalue weighted by molar-refractivity contribution is 0.0525. The second-order valence-electron chi connectivity index (χ2n) is 5.87. The van der Waals surface area contributed by atoms with Crippen LogP contribution in [-0.2, 0) is 11.3 Å². The normalized spacial score (nSPS) is 10.7. The molecule has 0 radical (unpaired) electrons. The second-order valence-corrected chi connectivity index (χ2v) is 6.27. The number of anilines is 1. The van der Waals surface area contributed by atoms with E-state index in [2.05, 4.69) is 10.3 Å². The minimum Gasteiger partial charge on any atom is -0.462 e. The average molecular weight is 371 g/mol. The Morgan fingerprint density at radius 3 is 2.69 bits per heavy atom. The summed E-state index contributed by atoms with van der Waals surface area (Å²) in [7, 11) is 0. The van der Waals surface area contributed by atoms with Gasteiger partial charge in [0.1, 0.15) is 5.56 Å². The van der Waals surface area contributed by atoms with Crippen molar-refractivity contribution in [2.45, 2.75) is 20.4 Å². The number of aromatic amines is 1. The van der Waals surface area contributed by atoms with E-state index >= 15 is 0 Å². The molecular formula is C20H19ClN2O3. The highest BCUT2D eigenvalue weighted by molar-refractivity contribution is 6.35. The van der Waals surface area contributed by atoms with Crippen LogP contribution in [0.1, 0.15) is 28.4 Å². The lowest BCUT2D eigenvalue weighted by Gasteiger charge is -2.15. The molecule has 6 heteroatoms. The molecule has 0 saturated carbocycles. The van der Waals surface area contributed by atoms with Gasteiger partial charge in [-0.3, -0.25) is 4.79 Å². The SMILES string of the molecule is CCOC(=O)c1c(NCc2ccccc2C)c2cccc(Cl)c2[nH]c1=O. The maximum absolute atomic E-state index is 12.5. The zero-order chi connectivity index (χ0) is 18.7. The largest absolute Gasteiger partial charge is 0.462 e. The van der Waals surface area contributed by atoms with Crippen LogP contribution in [0.2, 0.25) is 5.02 Å². The Balaban J connectivity index is 2.15. The van der Waals surface area contributed by atoms with Gasteiger partial charge in [0, 0.05) is 11.9 Å². The third-order valence-electron chi connectivity index (χ3n) is 4.19. The van der Waals surface area contributed by atoms with E-state index in [4.69, 9.17) is 16.3 Å². The molecule has 0 aliphatic rings. The first-order valence-corrected chi connectivity index (χ1v) is 8.70. The van der Waals surface area contributed by atoms with E-state index in [-0.39, 0.29) is 12.2 Å². The predicted molar refractivity (Wildman–Crippen MR) is 104 cm³/mol. The second kappa shape index (κ2) is 7.62. The molecule has 1 aromatic heterocycles. The number of benzene rings is 2. The van der Waals surface area contributed by atoms with Crippen molar-refractivity contribution < 1.29 is 9.53 Å². The van der Waals surface area contributed by atoms with Crippen molar-refractivity contribution in [3.8, 4) is 0 Å². The van der Waals surface area contributed by atoms with E-state index in [1.807, 2.05) is 31.2 Å². The Kier molecular flexibility index (Phi) is 5.28. The van der Waals surface area contributed by atoms with Gasteiger partial charge in [0.15, 0.2) is 0 Å². The fourth-order valence-corrected chi connectivity index (χ4v) is 3.08. The number of fused-ring (bicyclic) bond motifs is 1. The quantitative estimate of drug-likeness (QED) is 0.657. The monoisotopic (exact) mass is 370 g/mol. The van der Waals surface area contributed by atoms with E-state index in [0.29, 0.717) is 28.2 Å². The summed E-state index contributed by atoms with van der Waals surface area (Å²) < 4.78 is 5.07. The zero-order valence-electron chi connectivity index (χ0n) is 14.6. The molecule has 0 bridgehead atoms. The summed E-state index contributed by atoms with van der Waals surface area (Å²) in [6.45, 7) is 4.35. The van der Waals surface area contributed by atoms with Crippen LogP contribution >= 0.6 is 11.6 Å². The Labute approximate surface area is 156 Å². The molecule has 134 valence electrons. The number of aryl methyl sites for hydroxylation is 1. The van der Waals surface area contributed by atoms with Crippen molar-refractivity contribution in [3.05, 3.63) is 74.5 Å². The fraction of sp³-hybridized carbons (Fsp3) is 0.200. The molecule has 2 aromatic carbocycles. The summed E-state index contributed by atoms with van der Waals surface area (Å²) in [6.07, 6.45) is 0. The molecule has 3 aromatic rings. The molecule has 1 heterocycles. The first-order valence-electron chi connectivity index (χ1n) is 8.33. The first kappa shape index (κ1) is 18.0. The van der Waals surface area contributed by atoms with Gasteiger partial charge >= 0.3 is 5.97 Å². The number of H-pyrrole nitrogens is 1. The highest BCUT2D eigenvalue weighted by Gasteiger charge is 2.21. The van der Waals surface area contributed by atoms with Crippen LogP contribution in [0, 0.1) is 6.92 Å². The Morgan fingerprint density at radius 2 is 1.96 bits per heavy atom. The van der Waals surface area contributed by atoms with Gasteiger partial charge in [-0.25, -0.2) is 4.79 Å². The number of pyridine rings is 1. The number of nitrogens with one attached hydrogen (secondary N) is 2. The smallest absolute Gasteiger partial charge is 0.345 e. The molecule has 3 rings (SSSR count). The van der Waals surface area contributed by atoms with Gasteiger partial charge in [0.2, 0.25) is 0 Å². The molecule has 26 heavy (non-hydrogen) atoms. The lowest BCUT2D eigenvalue weighted by atomic mass is 10.1. The number of ether oxygens (including phenoxy) is 1. The van der Waals surface area contributed by atoms with E-state index in [9.17, 15) is 9.59 Å². The van der Waals surface area contributed by atoms with Gasteiger partial charge < -0.3 is 15.0 Å². The lowest BCUT2D eigenvalue weighted by Crippen LogP contribution is -2.23. The number of carbonyl (C=O) groups excluding carboxylic acids is 1. The maximum Gasteiger partial charge on any atom is 0.345 e. The standard InChI is InChI=1S/C20H19ClN2O3/c1-3-26-20(25)16-18(22-11-13-8-5-4-7-12(13)2)14-9-6-10-15(21)17(14)23-19(16)24/h4-10H,3,11H2,1-2H3,(H2,22,23,24). The summed E-state index contributed by atoms with van der Waals surface area (Å²) in [5, 5.41) is 4.31. The highest BCUT2D eigenvalue weighted by atomic mass is 35.5. The molecule has 0 saturated heterocycles. The van der Waals surface area contributed by atoms with Crippen molar-refractivity contribution in [2.75, 3.05) is 11.9 Å². The molecule has 0 aliphatic heterocycles. The first-order chi connectivity index (χ1) is 12.5. The van der Waals surface area contributed by atoms with Crippen molar-refractivity contribution in [2.24, 2.45) is 0 Å². The van der Waals surface area contributed by atoms with Gasteiger partial charge in [-0.05, 0) is 31.0 Å². The number of para-hydroxylation sites is 1. The van der Waals surface area contributed by atoms with Crippen molar-refractivity contribution in [1.29, 1.82) is 0 Å². The fourth-order valence-electron chi connectivity index (χ4n) is 2.86. The average Bonchev–Trinajstić information content (AvgIpc) is 2.61. The molecule has 2 N–H and O–H groups in total. The molecule has 0 unspecified atom stereocenters. The highest BCUT2D eigenvalue weighted by Crippen LogP contribution is 2.29. The topological polar surface area (TPSA) is 71.2 Å². The van der Waals surface area contributed by atoms with Crippen LogP contribution in [0.3, 0.4) is 0 Å². The number of rotatable bonds is 5. The molecular weight excluding hydrogens is 352 g/mol. The minimum absolute atomic E-state index is 0.0461. The maximum atomic E-state index is 12.5. The Hall–Kier alpha value is -2.79. The summed E-state index contributed by atoms with van der Waals surface area (Å²) in [5.41, 5.74) is 2.52. The van der Waals surface area contributed by atoms with Gasteiger partial charge in [0.25, 0.3) is 5.56 Å². The van der Waals surface area contributed by atoms with Crippen LogP contribution in [0.25, 0.3) is 10.9 Å².